The quantitative estimate of drug-likeness (QED) is 0.682. The summed E-state index contributed by atoms with van der Waals surface area (Å²) in [6.07, 6.45) is 12.5. The molecule has 0 aromatic carbocycles. The standard InChI is InChI=1S/C16H33N/c1-13(2)5-4-6-14(3)7-8-15-9-11-16(17)12-10-15/h13-16H,4-12,17H2,1-3H3. The second kappa shape index (κ2) is 8.13. The van der Waals surface area contributed by atoms with Gasteiger partial charge in [0.1, 0.15) is 0 Å². The zero-order chi connectivity index (χ0) is 12.7. The summed E-state index contributed by atoms with van der Waals surface area (Å²) >= 11 is 0. The Hall–Kier alpha value is -0.0400. The van der Waals surface area contributed by atoms with Crippen LogP contribution in [0.3, 0.4) is 0 Å². The van der Waals surface area contributed by atoms with Gasteiger partial charge >= 0.3 is 0 Å². The van der Waals surface area contributed by atoms with Crippen molar-refractivity contribution < 1.29 is 0 Å². The molecule has 0 radical (unpaired) electrons. The van der Waals surface area contributed by atoms with E-state index in [0.717, 1.165) is 17.8 Å². The maximum Gasteiger partial charge on any atom is 0.00390 e. The van der Waals surface area contributed by atoms with Gasteiger partial charge in [0.2, 0.25) is 0 Å². The van der Waals surface area contributed by atoms with E-state index in [2.05, 4.69) is 20.8 Å². The summed E-state index contributed by atoms with van der Waals surface area (Å²) in [5.74, 6) is 2.80. The van der Waals surface area contributed by atoms with Crippen LogP contribution in [0.25, 0.3) is 0 Å². The van der Waals surface area contributed by atoms with Gasteiger partial charge in [-0.1, -0.05) is 52.9 Å². The van der Waals surface area contributed by atoms with Crippen molar-refractivity contribution in [3.05, 3.63) is 0 Å². The molecule has 1 nitrogen and oxygen atoms in total. The van der Waals surface area contributed by atoms with Crippen molar-refractivity contribution in [2.45, 2.75) is 84.6 Å². The molecule has 0 saturated heterocycles. The van der Waals surface area contributed by atoms with Crippen molar-refractivity contribution in [1.82, 2.24) is 0 Å². The summed E-state index contributed by atoms with van der Waals surface area (Å²) < 4.78 is 0. The van der Waals surface area contributed by atoms with Crippen molar-refractivity contribution in [3.8, 4) is 0 Å². The summed E-state index contributed by atoms with van der Waals surface area (Å²) in [6.45, 7) is 7.10. The van der Waals surface area contributed by atoms with E-state index in [-0.39, 0.29) is 0 Å². The van der Waals surface area contributed by atoms with Gasteiger partial charge in [0, 0.05) is 6.04 Å². The first kappa shape index (κ1) is 15.0. The maximum atomic E-state index is 5.95. The maximum absolute atomic E-state index is 5.95. The van der Waals surface area contributed by atoms with E-state index in [1.165, 1.54) is 57.8 Å². The molecule has 2 N–H and O–H groups in total. The van der Waals surface area contributed by atoms with Gasteiger partial charge in [0.05, 0.1) is 0 Å². The minimum Gasteiger partial charge on any atom is -0.328 e. The molecule has 1 saturated carbocycles. The highest BCUT2D eigenvalue weighted by Crippen LogP contribution is 2.29. The van der Waals surface area contributed by atoms with Gasteiger partial charge in [-0.2, -0.15) is 0 Å². The lowest BCUT2D eigenvalue weighted by atomic mass is 9.82. The lowest BCUT2D eigenvalue weighted by molar-refractivity contribution is 0.285. The predicted octanol–water partition coefficient (Wildman–Crippen LogP) is 4.75. The molecule has 1 unspecified atom stereocenters. The molecule has 0 spiro atoms. The first-order chi connectivity index (χ1) is 8.08. The summed E-state index contributed by atoms with van der Waals surface area (Å²) in [5.41, 5.74) is 5.95. The van der Waals surface area contributed by atoms with Gasteiger partial charge in [0.25, 0.3) is 0 Å². The molecule has 0 aromatic rings. The molecule has 102 valence electrons. The number of nitrogens with two attached hydrogens (primary N) is 1. The first-order valence-electron chi connectivity index (χ1n) is 7.83. The van der Waals surface area contributed by atoms with E-state index in [9.17, 15) is 0 Å². The van der Waals surface area contributed by atoms with Crippen molar-refractivity contribution in [1.29, 1.82) is 0 Å². The first-order valence-corrected chi connectivity index (χ1v) is 7.83. The fourth-order valence-corrected chi connectivity index (χ4v) is 3.02. The molecule has 1 atom stereocenters. The predicted molar refractivity (Wildman–Crippen MR) is 77.0 cm³/mol. The van der Waals surface area contributed by atoms with Crippen LogP contribution in [0.15, 0.2) is 0 Å². The van der Waals surface area contributed by atoms with Crippen molar-refractivity contribution in [3.63, 3.8) is 0 Å². The highest BCUT2D eigenvalue weighted by atomic mass is 14.6. The van der Waals surface area contributed by atoms with Gasteiger partial charge in [-0.3, -0.25) is 0 Å². The van der Waals surface area contributed by atoms with E-state index in [1.807, 2.05) is 0 Å². The van der Waals surface area contributed by atoms with E-state index >= 15 is 0 Å². The summed E-state index contributed by atoms with van der Waals surface area (Å²) in [5, 5.41) is 0. The number of hydrogen-bond donors (Lipinski definition) is 1. The van der Waals surface area contributed by atoms with Crippen LogP contribution in [-0.2, 0) is 0 Å². The highest BCUT2D eigenvalue weighted by molar-refractivity contribution is 4.74. The van der Waals surface area contributed by atoms with Crippen LogP contribution in [-0.4, -0.2) is 6.04 Å². The molecule has 0 heterocycles. The molecule has 1 aliphatic carbocycles. The zero-order valence-electron chi connectivity index (χ0n) is 12.3. The number of rotatable bonds is 7. The van der Waals surface area contributed by atoms with E-state index in [1.54, 1.807) is 0 Å². The van der Waals surface area contributed by atoms with Gasteiger partial charge < -0.3 is 5.73 Å². The molecule has 1 rings (SSSR count). The second-order valence-corrected chi connectivity index (χ2v) is 6.79. The third kappa shape index (κ3) is 7.08. The Kier molecular flexibility index (Phi) is 7.18. The fourth-order valence-electron chi connectivity index (χ4n) is 3.02. The van der Waals surface area contributed by atoms with Crippen LogP contribution in [0, 0.1) is 17.8 Å². The largest absolute Gasteiger partial charge is 0.328 e. The van der Waals surface area contributed by atoms with Crippen LogP contribution < -0.4 is 5.73 Å². The summed E-state index contributed by atoms with van der Waals surface area (Å²) in [4.78, 5) is 0. The van der Waals surface area contributed by atoms with Crippen LogP contribution in [0.5, 0.6) is 0 Å². The molecular formula is C16H33N. The lowest BCUT2D eigenvalue weighted by Gasteiger charge is -2.26. The molecule has 17 heavy (non-hydrogen) atoms. The Morgan fingerprint density at radius 2 is 1.59 bits per heavy atom. The van der Waals surface area contributed by atoms with Crippen molar-refractivity contribution in [2.24, 2.45) is 23.5 Å². The van der Waals surface area contributed by atoms with E-state index in [4.69, 9.17) is 5.73 Å². The summed E-state index contributed by atoms with van der Waals surface area (Å²) in [6, 6.07) is 0.509. The van der Waals surface area contributed by atoms with Crippen molar-refractivity contribution >= 4 is 0 Å². The molecule has 0 bridgehead atoms. The number of hydrogen-bond acceptors (Lipinski definition) is 1. The third-order valence-corrected chi connectivity index (χ3v) is 4.44. The Morgan fingerprint density at radius 3 is 2.18 bits per heavy atom. The monoisotopic (exact) mass is 239 g/mol. The molecule has 0 aromatic heterocycles. The minimum atomic E-state index is 0.509. The van der Waals surface area contributed by atoms with E-state index in [0.29, 0.717) is 6.04 Å². The van der Waals surface area contributed by atoms with Crippen LogP contribution in [0.1, 0.15) is 78.6 Å². The van der Waals surface area contributed by atoms with E-state index < -0.39 is 0 Å². The smallest absolute Gasteiger partial charge is 0.00390 e. The second-order valence-electron chi connectivity index (χ2n) is 6.79. The molecule has 0 aliphatic heterocycles. The fraction of sp³-hybridized carbons (Fsp3) is 1.00. The van der Waals surface area contributed by atoms with Gasteiger partial charge in [-0.05, 0) is 43.4 Å². The van der Waals surface area contributed by atoms with Gasteiger partial charge in [0.15, 0.2) is 0 Å². The third-order valence-electron chi connectivity index (χ3n) is 4.44. The minimum absolute atomic E-state index is 0.509. The van der Waals surface area contributed by atoms with Crippen LogP contribution >= 0.6 is 0 Å². The highest BCUT2D eigenvalue weighted by Gasteiger charge is 2.18. The van der Waals surface area contributed by atoms with Gasteiger partial charge in [-0.25, -0.2) is 0 Å². The summed E-state index contributed by atoms with van der Waals surface area (Å²) in [7, 11) is 0. The molecule has 0 amide bonds. The Bertz CT molecular complexity index is 180. The molecule has 1 aliphatic rings. The average Bonchev–Trinajstić information content (AvgIpc) is 2.28. The molecule has 1 heteroatoms. The lowest BCUT2D eigenvalue weighted by Crippen LogP contribution is -2.26. The van der Waals surface area contributed by atoms with Gasteiger partial charge in [-0.15, -0.1) is 0 Å². The van der Waals surface area contributed by atoms with Crippen LogP contribution in [0.2, 0.25) is 0 Å². The molecule has 1 fully saturated rings. The topological polar surface area (TPSA) is 26.0 Å². The molecular weight excluding hydrogens is 206 g/mol. The van der Waals surface area contributed by atoms with Crippen molar-refractivity contribution in [2.75, 3.05) is 0 Å². The normalized spacial score (nSPS) is 27.4. The Morgan fingerprint density at radius 1 is 0.941 bits per heavy atom. The Labute approximate surface area is 109 Å². The SMILES string of the molecule is CC(C)CCCC(C)CCC1CCC(N)CC1. The average molecular weight is 239 g/mol. The van der Waals surface area contributed by atoms with Crippen LogP contribution in [0.4, 0.5) is 0 Å². The Balaban J connectivity index is 2.01. The zero-order valence-corrected chi connectivity index (χ0v) is 12.3.